The molecule has 1 saturated heterocycles. The molecule has 2 heteroatoms. The Kier molecular flexibility index (Phi) is 0.922. The van der Waals surface area contributed by atoms with Crippen LogP contribution in [-0.4, -0.2) is 17.4 Å². The molecule has 0 aliphatic carbocycles. The molecule has 1 nitrogen and oxygen atoms in total. The SMILES string of the molecule is CC1(Br)CNC1. The molecule has 1 rings (SSSR count). The summed E-state index contributed by atoms with van der Waals surface area (Å²) in [4.78, 5) is 0. The van der Waals surface area contributed by atoms with Crippen LogP contribution in [0, 0.1) is 0 Å². The summed E-state index contributed by atoms with van der Waals surface area (Å²) in [7, 11) is 0. The average Bonchev–Trinajstić information content (AvgIpc) is 1.32. The van der Waals surface area contributed by atoms with Crippen LogP contribution in [0.15, 0.2) is 0 Å². The third-order valence-corrected chi connectivity index (χ3v) is 1.55. The molecule has 0 atom stereocenters. The maximum Gasteiger partial charge on any atom is 0.0478 e. The number of rotatable bonds is 0. The minimum atomic E-state index is 0.424. The van der Waals surface area contributed by atoms with Crippen molar-refractivity contribution in [3.8, 4) is 0 Å². The Morgan fingerprint density at radius 3 is 2.00 bits per heavy atom. The number of alkyl halides is 1. The summed E-state index contributed by atoms with van der Waals surface area (Å²) in [6, 6.07) is 0. The molecule has 6 heavy (non-hydrogen) atoms. The van der Waals surface area contributed by atoms with Crippen molar-refractivity contribution < 1.29 is 0 Å². The number of halogens is 1. The first kappa shape index (κ1) is 4.60. The van der Waals surface area contributed by atoms with Gasteiger partial charge in [0.2, 0.25) is 0 Å². The Morgan fingerprint density at radius 2 is 2.00 bits per heavy atom. The molecule has 0 spiro atoms. The van der Waals surface area contributed by atoms with Gasteiger partial charge >= 0.3 is 0 Å². The Labute approximate surface area is 46.2 Å². The highest BCUT2D eigenvalue weighted by Gasteiger charge is 2.27. The molecule has 1 aliphatic rings. The lowest BCUT2D eigenvalue weighted by Gasteiger charge is -2.32. The second-order valence-electron chi connectivity index (χ2n) is 2.02. The van der Waals surface area contributed by atoms with Gasteiger partial charge in [-0.1, -0.05) is 15.9 Å². The van der Waals surface area contributed by atoms with Gasteiger partial charge in [-0.15, -0.1) is 0 Å². The maximum atomic E-state index is 3.50. The molecule has 0 radical (unpaired) electrons. The highest BCUT2D eigenvalue weighted by Crippen LogP contribution is 2.20. The minimum Gasteiger partial charge on any atom is -0.314 e. The molecule has 36 valence electrons. The largest absolute Gasteiger partial charge is 0.314 e. The monoisotopic (exact) mass is 149 g/mol. The summed E-state index contributed by atoms with van der Waals surface area (Å²) in [6.45, 7) is 4.42. The van der Waals surface area contributed by atoms with E-state index in [0.29, 0.717) is 4.32 Å². The molecular formula is C4H8BrN. The Hall–Kier alpha value is 0.440. The molecule has 0 aromatic rings. The minimum absolute atomic E-state index is 0.424. The van der Waals surface area contributed by atoms with Crippen molar-refractivity contribution in [3.63, 3.8) is 0 Å². The zero-order valence-corrected chi connectivity index (χ0v) is 5.38. The van der Waals surface area contributed by atoms with Crippen LogP contribution in [0.2, 0.25) is 0 Å². The van der Waals surface area contributed by atoms with Crippen molar-refractivity contribution >= 4 is 15.9 Å². The van der Waals surface area contributed by atoms with Crippen LogP contribution < -0.4 is 5.32 Å². The standard InChI is InChI=1S/C4H8BrN/c1-4(5)2-6-3-4/h6H,2-3H2,1H3. The molecule has 1 N–H and O–H groups in total. The van der Waals surface area contributed by atoms with Gasteiger partial charge in [-0.05, 0) is 6.92 Å². The van der Waals surface area contributed by atoms with Crippen LogP contribution in [0.25, 0.3) is 0 Å². The molecule has 1 heterocycles. The fourth-order valence-corrected chi connectivity index (χ4v) is 0.866. The molecule has 0 saturated carbocycles. The Balaban J connectivity index is 2.31. The summed E-state index contributed by atoms with van der Waals surface area (Å²) in [5.74, 6) is 0. The molecule has 0 aromatic carbocycles. The van der Waals surface area contributed by atoms with Crippen molar-refractivity contribution in [2.75, 3.05) is 13.1 Å². The molecule has 0 bridgehead atoms. The normalized spacial score (nSPS) is 29.0. The van der Waals surface area contributed by atoms with Crippen molar-refractivity contribution in [1.82, 2.24) is 5.32 Å². The van der Waals surface area contributed by atoms with Gasteiger partial charge in [-0.2, -0.15) is 0 Å². The summed E-state index contributed by atoms with van der Waals surface area (Å²) in [5.41, 5.74) is 0. The first-order valence-electron chi connectivity index (χ1n) is 2.10. The van der Waals surface area contributed by atoms with Crippen LogP contribution in [0.5, 0.6) is 0 Å². The van der Waals surface area contributed by atoms with E-state index in [1.165, 1.54) is 0 Å². The van der Waals surface area contributed by atoms with E-state index in [-0.39, 0.29) is 0 Å². The van der Waals surface area contributed by atoms with Gasteiger partial charge in [0, 0.05) is 17.4 Å². The molecule has 1 fully saturated rings. The van der Waals surface area contributed by atoms with E-state index in [1.54, 1.807) is 0 Å². The molecule has 0 unspecified atom stereocenters. The van der Waals surface area contributed by atoms with E-state index in [1.807, 2.05) is 0 Å². The van der Waals surface area contributed by atoms with Gasteiger partial charge in [0.15, 0.2) is 0 Å². The molecule has 0 amide bonds. The predicted molar refractivity (Wildman–Crippen MR) is 30.2 cm³/mol. The van der Waals surface area contributed by atoms with Crippen LogP contribution in [0.3, 0.4) is 0 Å². The molecule has 1 aliphatic heterocycles. The summed E-state index contributed by atoms with van der Waals surface area (Å²) in [5, 5.41) is 3.15. The van der Waals surface area contributed by atoms with Crippen LogP contribution >= 0.6 is 15.9 Å². The van der Waals surface area contributed by atoms with Crippen LogP contribution in [0.4, 0.5) is 0 Å². The topological polar surface area (TPSA) is 12.0 Å². The van der Waals surface area contributed by atoms with Gasteiger partial charge in [-0.3, -0.25) is 0 Å². The number of nitrogens with one attached hydrogen (secondary N) is 1. The molecule has 0 aromatic heterocycles. The third kappa shape index (κ3) is 0.738. The Bertz CT molecular complexity index is 54.6. The molecular weight excluding hydrogens is 142 g/mol. The van der Waals surface area contributed by atoms with E-state index in [2.05, 4.69) is 28.2 Å². The maximum absolute atomic E-state index is 3.50. The van der Waals surface area contributed by atoms with Gasteiger partial charge < -0.3 is 5.32 Å². The van der Waals surface area contributed by atoms with Crippen LogP contribution in [0.1, 0.15) is 6.92 Å². The predicted octanol–water partition coefficient (Wildman–Crippen LogP) is 0.743. The lowest BCUT2D eigenvalue weighted by molar-refractivity contribution is 0.431. The lowest BCUT2D eigenvalue weighted by atomic mass is 10.1. The second-order valence-corrected chi connectivity index (χ2v) is 3.93. The number of hydrogen-bond acceptors (Lipinski definition) is 1. The summed E-state index contributed by atoms with van der Waals surface area (Å²) in [6.07, 6.45) is 0. The quantitative estimate of drug-likeness (QED) is 0.502. The van der Waals surface area contributed by atoms with Crippen molar-refractivity contribution in [1.29, 1.82) is 0 Å². The lowest BCUT2D eigenvalue weighted by Crippen LogP contribution is -2.52. The third-order valence-electron chi connectivity index (χ3n) is 0.987. The van der Waals surface area contributed by atoms with E-state index >= 15 is 0 Å². The first-order valence-corrected chi connectivity index (χ1v) is 2.90. The average molecular weight is 150 g/mol. The van der Waals surface area contributed by atoms with Gasteiger partial charge in [-0.25, -0.2) is 0 Å². The highest BCUT2D eigenvalue weighted by atomic mass is 79.9. The fourth-order valence-electron chi connectivity index (χ4n) is 0.469. The number of hydrogen-bond donors (Lipinski definition) is 1. The fraction of sp³-hybridized carbons (Fsp3) is 1.00. The zero-order chi connectivity index (χ0) is 4.62. The first-order chi connectivity index (χ1) is 2.71. The van der Waals surface area contributed by atoms with Gasteiger partial charge in [0.1, 0.15) is 0 Å². The summed E-state index contributed by atoms with van der Waals surface area (Å²) < 4.78 is 0.424. The van der Waals surface area contributed by atoms with Crippen molar-refractivity contribution in [2.45, 2.75) is 11.2 Å². The highest BCUT2D eigenvalue weighted by molar-refractivity contribution is 9.10. The summed E-state index contributed by atoms with van der Waals surface area (Å²) >= 11 is 3.50. The zero-order valence-electron chi connectivity index (χ0n) is 3.79. The van der Waals surface area contributed by atoms with Crippen molar-refractivity contribution in [2.24, 2.45) is 0 Å². The van der Waals surface area contributed by atoms with E-state index in [0.717, 1.165) is 13.1 Å². The second kappa shape index (κ2) is 1.20. The van der Waals surface area contributed by atoms with Crippen molar-refractivity contribution in [3.05, 3.63) is 0 Å². The van der Waals surface area contributed by atoms with Gasteiger partial charge in [0.25, 0.3) is 0 Å². The smallest absolute Gasteiger partial charge is 0.0478 e. The van der Waals surface area contributed by atoms with Gasteiger partial charge in [0.05, 0.1) is 0 Å². The van der Waals surface area contributed by atoms with E-state index in [4.69, 9.17) is 0 Å². The van der Waals surface area contributed by atoms with Crippen LogP contribution in [-0.2, 0) is 0 Å². The van der Waals surface area contributed by atoms with E-state index in [9.17, 15) is 0 Å². The Morgan fingerprint density at radius 1 is 1.67 bits per heavy atom. The van der Waals surface area contributed by atoms with E-state index < -0.39 is 0 Å².